The van der Waals surface area contributed by atoms with Gasteiger partial charge >= 0.3 is 0 Å². The molecule has 1 aliphatic heterocycles. The zero-order chi connectivity index (χ0) is 29.5. The van der Waals surface area contributed by atoms with E-state index in [1.165, 1.54) is 0 Å². The van der Waals surface area contributed by atoms with Crippen molar-refractivity contribution in [3.05, 3.63) is 140 Å². The maximum absolute atomic E-state index is 6.93. The van der Waals surface area contributed by atoms with Crippen molar-refractivity contribution in [1.82, 2.24) is 9.97 Å². The monoisotopic (exact) mass is 577 g/mol. The predicted octanol–water partition coefficient (Wildman–Crippen LogP) is 10.6. The molecule has 10 rings (SSSR count). The largest absolute Gasteiger partial charge is 0.455 e. The van der Waals surface area contributed by atoms with Gasteiger partial charge < -0.3 is 9.25 Å². The number of hydrogen-bond acceptors (Lipinski definition) is 5. The minimum atomic E-state index is 0.453. The average Bonchev–Trinajstić information content (AvgIpc) is 3.50. The number of fused-ring (bicyclic) bond motifs is 12. The van der Waals surface area contributed by atoms with Crippen molar-refractivity contribution < 1.29 is 9.25 Å². The smallest absolute Gasteiger partial charge is 0.265 e. The van der Waals surface area contributed by atoms with E-state index in [-0.39, 0.29) is 0 Å². The maximum Gasteiger partial charge on any atom is 0.265 e. The number of anilines is 2. The van der Waals surface area contributed by atoms with E-state index in [0.717, 1.165) is 88.2 Å². The van der Waals surface area contributed by atoms with Crippen LogP contribution in [0.1, 0.15) is 0 Å². The van der Waals surface area contributed by atoms with Crippen LogP contribution < -0.4 is 9.90 Å². The lowest BCUT2D eigenvalue weighted by Gasteiger charge is -2.32. The van der Waals surface area contributed by atoms with Crippen molar-refractivity contribution >= 4 is 66.0 Å². The predicted molar refractivity (Wildman–Crippen MR) is 182 cm³/mol. The van der Waals surface area contributed by atoms with Crippen molar-refractivity contribution in [2.75, 3.05) is 5.06 Å². The van der Waals surface area contributed by atoms with Crippen LogP contribution in [0.15, 0.2) is 144 Å². The Balaban J connectivity index is 1.38. The van der Waals surface area contributed by atoms with E-state index in [2.05, 4.69) is 84.9 Å². The molecule has 0 saturated carbocycles. The second kappa shape index (κ2) is 9.15. The van der Waals surface area contributed by atoms with Gasteiger partial charge in [0, 0.05) is 32.8 Å². The zero-order valence-corrected chi connectivity index (χ0v) is 23.9. The van der Waals surface area contributed by atoms with Crippen LogP contribution in [0.2, 0.25) is 0 Å². The Labute approximate surface area is 257 Å². The van der Waals surface area contributed by atoms with E-state index in [4.69, 9.17) is 19.2 Å². The number of benzene rings is 7. The molecule has 9 aromatic rings. The van der Waals surface area contributed by atoms with Crippen LogP contribution in [0, 0.1) is 0 Å². The summed E-state index contributed by atoms with van der Waals surface area (Å²) in [7, 11) is 0. The van der Waals surface area contributed by atoms with E-state index in [9.17, 15) is 0 Å². The second-order valence-corrected chi connectivity index (χ2v) is 11.4. The third-order valence-electron chi connectivity index (χ3n) is 8.84. The summed E-state index contributed by atoms with van der Waals surface area (Å²) in [5, 5.41) is 9.15. The first kappa shape index (κ1) is 24.3. The lowest BCUT2D eigenvalue weighted by Crippen LogP contribution is -2.28. The molecule has 7 aromatic carbocycles. The SMILES string of the molecule is c1ccc(-c2nc(N3Oc4cc5ccccc5cc4-c4c3c3c5ccccc5oc3c3ccccc43)nc3ccccc23)cc1. The fourth-order valence-electron chi connectivity index (χ4n) is 6.84. The molecular weight excluding hydrogens is 554 g/mol. The fourth-order valence-corrected chi connectivity index (χ4v) is 6.84. The molecule has 3 heterocycles. The van der Waals surface area contributed by atoms with Crippen LogP contribution >= 0.6 is 0 Å². The van der Waals surface area contributed by atoms with Gasteiger partial charge in [0.1, 0.15) is 16.9 Å². The van der Waals surface area contributed by atoms with Crippen molar-refractivity contribution in [3.63, 3.8) is 0 Å². The highest BCUT2D eigenvalue weighted by atomic mass is 16.7. The van der Waals surface area contributed by atoms with Crippen LogP contribution in [0.4, 0.5) is 11.6 Å². The number of aromatic nitrogens is 2. The average molecular weight is 578 g/mol. The number of rotatable bonds is 2. The molecule has 0 atom stereocenters. The fraction of sp³-hybridized carbons (Fsp3) is 0. The van der Waals surface area contributed by atoms with Gasteiger partial charge in [-0.1, -0.05) is 115 Å². The first-order valence-corrected chi connectivity index (χ1v) is 15.0. The lowest BCUT2D eigenvalue weighted by molar-refractivity contribution is 0.316. The minimum Gasteiger partial charge on any atom is -0.455 e. The minimum absolute atomic E-state index is 0.453. The van der Waals surface area contributed by atoms with Gasteiger partial charge in [0.25, 0.3) is 5.95 Å². The van der Waals surface area contributed by atoms with E-state index < -0.39 is 0 Å². The summed E-state index contributed by atoms with van der Waals surface area (Å²) < 4.78 is 6.61. The highest BCUT2D eigenvalue weighted by Crippen LogP contribution is 2.54. The van der Waals surface area contributed by atoms with Crippen molar-refractivity contribution in [3.8, 4) is 28.1 Å². The summed E-state index contributed by atoms with van der Waals surface area (Å²) >= 11 is 0. The normalized spacial score (nSPS) is 12.6. The summed E-state index contributed by atoms with van der Waals surface area (Å²) in [6.45, 7) is 0. The van der Waals surface area contributed by atoms with Crippen LogP contribution in [-0.2, 0) is 0 Å². The topological polar surface area (TPSA) is 51.4 Å². The van der Waals surface area contributed by atoms with E-state index in [1.54, 1.807) is 0 Å². The number of para-hydroxylation sites is 2. The molecule has 0 N–H and O–H groups in total. The highest BCUT2D eigenvalue weighted by molar-refractivity contribution is 6.27. The summed E-state index contributed by atoms with van der Waals surface area (Å²) in [5.41, 5.74) is 7.28. The third-order valence-corrected chi connectivity index (χ3v) is 8.84. The molecule has 1 aliphatic rings. The summed E-state index contributed by atoms with van der Waals surface area (Å²) in [4.78, 5) is 17.3. The van der Waals surface area contributed by atoms with Crippen LogP contribution in [0.3, 0.4) is 0 Å². The first-order valence-electron chi connectivity index (χ1n) is 15.0. The molecule has 0 aliphatic carbocycles. The van der Waals surface area contributed by atoms with Gasteiger partial charge in [-0.15, -0.1) is 5.06 Å². The van der Waals surface area contributed by atoms with Gasteiger partial charge in [-0.05, 0) is 40.4 Å². The van der Waals surface area contributed by atoms with Gasteiger partial charge in [-0.25, -0.2) is 9.97 Å². The Morgan fingerprint density at radius 3 is 2.07 bits per heavy atom. The number of nitrogens with zero attached hydrogens (tertiary/aromatic N) is 3. The van der Waals surface area contributed by atoms with Crippen LogP contribution in [-0.4, -0.2) is 9.97 Å². The van der Waals surface area contributed by atoms with Crippen LogP contribution in [0.25, 0.3) is 76.8 Å². The number of hydrogen-bond donors (Lipinski definition) is 0. The van der Waals surface area contributed by atoms with Gasteiger partial charge in [0.15, 0.2) is 5.75 Å². The van der Waals surface area contributed by atoms with Gasteiger partial charge in [-0.3, -0.25) is 0 Å². The molecule has 0 bridgehead atoms. The third kappa shape index (κ3) is 3.49. The molecule has 5 heteroatoms. The Bertz CT molecular complexity index is 2640. The Kier molecular flexibility index (Phi) is 4.93. The summed E-state index contributed by atoms with van der Waals surface area (Å²) in [5.74, 6) is 1.20. The molecule has 0 radical (unpaired) electrons. The molecule has 45 heavy (non-hydrogen) atoms. The summed E-state index contributed by atoms with van der Waals surface area (Å²) in [6, 6.07) is 47.8. The first-order chi connectivity index (χ1) is 22.3. The summed E-state index contributed by atoms with van der Waals surface area (Å²) in [6.07, 6.45) is 0. The molecule has 5 nitrogen and oxygen atoms in total. The van der Waals surface area contributed by atoms with E-state index in [1.807, 2.05) is 59.7 Å². The highest BCUT2D eigenvalue weighted by Gasteiger charge is 2.34. The maximum atomic E-state index is 6.93. The Hall–Kier alpha value is -6.20. The quantitative estimate of drug-likeness (QED) is 0.205. The molecule has 210 valence electrons. The van der Waals surface area contributed by atoms with Crippen LogP contribution in [0.5, 0.6) is 5.75 Å². The standard InChI is InChI=1S/C40H23N3O2/c1-2-12-24(13-3-1)37-29-18-8-10-20-32(29)41-40(42-37)43-38-35(31-22-25-14-4-5-15-26(25)23-34(31)45-43)27-16-6-7-17-28(27)39-36(38)30-19-9-11-21-33(30)44-39/h1-23H. The molecule has 0 spiro atoms. The number of furan rings is 1. The molecule has 0 amide bonds. The molecule has 0 unspecified atom stereocenters. The van der Waals surface area contributed by atoms with E-state index in [0.29, 0.717) is 5.95 Å². The lowest BCUT2D eigenvalue weighted by atomic mass is 9.90. The Morgan fingerprint density at radius 1 is 0.556 bits per heavy atom. The van der Waals surface area contributed by atoms with E-state index >= 15 is 0 Å². The van der Waals surface area contributed by atoms with Crippen molar-refractivity contribution in [2.45, 2.75) is 0 Å². The molecule has 0 fully saturated rings. The molecule has 0 saturated heterocycles. The van der Waals surface area contributed by atoms with Gasteiger partial charge in [0.2, 0.25) is 0 Å². The Morgan fingerprint density at radius 2 is 1.22 bits per heavy atom. The zero-order valence-electron chi connectivity index (χ0n) is 23.9. The van der Waals surface area contributed by atoms with Crippen molar-refractivity contribution in [2.24, 2.45) is 0 Å². The molecular formula is C40H23N3O2. The second-order valence-electron chi connectivity index (χ2n) is 11.4. The van der Waals surface area contributed by atoms with Crippen molar-refractivity contribution in [1.29, 1.82) is 0 Å². The van der Waals surface area contributed by atoms with Gasteiger partial charge in [0.05, 0.1) is 16.6 Å². The van der Waals surface area contributed by atoms with Gasteiger partial charge in [-0.2, -0.15) is 0 Å². The molecule has 2 aromatic heterocycles.